The smallest absolute Gasteiger partial charge is 0.271 e. The van der Waals surface area contributed by atoms with Crippen LogP contribution in [-0.2, 0) is 21.0 Å². The van der Waals surface area contributed by atoms with E-state index in [0.29, 0.717) is 16.1 Å². The Morgan fingerprint density at radius 3 is 2.52 bits per heavy atom. The fourth-order valence-electron chi connectivity index (χ4n) is 2.09. The van der Waals surface area contributed by atoms with Gasteiger partial charge in [0.1, 0.15) is 6.54 Å². The van der Waals surface area contributed by atoms with Crippen molar-refractivity contribution in [3.63, 3.8) is 0 Å². The van der Waals surface area contributed by atoms with Crippen LogP contribution >= 0.6 is 11.3 Å². The quantitative estimate of drug-likeness (QED) is 0.577. The van der Waals surface area contributed by atoms with E-state index in [1.165, 1.54) is 17.4 Å². The van der Waals surface area contributed by atoms with Crippen LogP contribution in [0.5, 0.6) is 0 Å². The molecule has 6 nitrogen and oxygen atoms in total. The third-order valence-corrected chi connectivity index (χ3v) is 5.49. The number of nitrogens with one attached hydrogen (secondary N) is 1. The van der Waals surface area contributed by atoms with Gasteiger partial charge in [0.05, 0.1) is 23.2 Å². The number of carbonyl (C=O) groups excluding carboxylic acids is 1. The first-order valence-electron chi connectivity index (χ1n) is 7.50. The lowest BCUT2D eigenvalue weighted by Crippen LogP contribution is -2.39. The molecule has 0 fully saturated rings. The molecule has 0 atom stereocenters. The Labute approximate surface area is 158 Å². The van der Waals surface area contributed by atoms with Crippen LogP contribution in [-0.4, -0.2) is 32.8 Å². The molecule has 0 spiro atoms. The first-order valence-corrected chi connectivity index (χ1v) is 10.2. The van der Waals surface area contributed by atoms with Crippen LogP contribution in [0.25, 0.3) is 0 Å². The number of carbonyl (C=O) groups is 1. The Hall–Kier alpha value is -2.40. The predicted molar refractivity (Wildman–Crippen MR) is 98.3 cm³/mol. The number of hydrazone groups is 1. The molecule has 1 amide bonds. The van der Waals surface area contributed by atoms with Gasteiger partial charge in [0.15, 0.2) is 0 Å². The number of anilines is 1. The summed E-state index contributed by atoms with van der Waals surface area (Å²) in [5.74, 6) is -0.784. The molecular weight excluding hydrogens is 403 g/mol. The van der Waals surface area contributed by atoms with Gasteiger partial charge in [-0.3, -0.25) is 9.10 Å². The fourth-order valence-corrected chi connectivity index (χ4v) is 3.61. The van der Waals surface area contributed by atoms with Gasteiger partial charge in [-0.05, 0) is 36.6 Å². The third kappa shape index (κ3) is 5.79. The summed E-state index contributed by atoms with van der Waals surface area (Å²) in [4.78, 5) is 12.9. The largest absolute Gasteiger partial charge is 0.416 e. The van der Waals surface area contributed by atoms with Crippen molar-refractivity contribution < 1.29 is 26.4 Å². The number of alkyl halides is 3. The Kier molecular flexibility index (Phi) is 6.26. The van der Waals surface area contributed by atoms with Crippen LogP contribution < -0.4 is 9.73 Å². The summed E-state index contributed by atoms with van der Waals surface area (Å²) in [6, 6.07) is 7.35. The highest BCUT2D eigenvalue weighted by Gasteiger charge is 2.32. The van der Waals surface area contributed by atoms with Crippen molar-refractivity contribution in [2.24, 2.45) is 5.10 Å². The van der Waals surface area contributed by atoms with Gasteiger partial charge in [-0.25, -0.2) is 13.8 Å². The number of sulfonamides is 1. The van der Waals surface area contributed by atoms with E-state index in [4.69, 9.17) is 0 Å². The molecule has 1 heterocycles. The second-order valence-electron chi connectivity index (χ2n) is 5.53. The molecule has 0 bridgehead atoms. The van der Waals surface area contributed by atoms with Crippen molar-refractivity contribution in [3.8, 4) is 0 Å². The van der Waals surface area contributed by atoms with Gasteiger partial charge in [0.2, 0.25) is 10.0 Å². The minimum Gasteiger partial charge on any atom is -0.271 e. The van der Waals surface area contributed by atoms with Crippen molar-refractivity contribution in [1.29, 1.82) is 0 Å². The van der Waals surface area contributed by atoms with E-state index in [0.717, 1.165) is 23.3 Å². The zero-order chi connectivity index (χ0) is 20.2. The number of halogens is 3. The Morgan fingerprint density at radius 2 is 1.96 bits per heavy atom. The molecule has 146 valence electrons. The summed E-state index contributed by atoms with van der Waals surface area (Å²) in [5, 5.41) is 5.71. The van der Waals surface area contributed by atoms with E-state index < -0.39 is 34.2 Å². The monoisotopic (exact) mass is 419 g/mol. The molecule has 0 radical (unpaired) electrons. The lowest BCUT2D eigenvalue weighted by molar-refractivity contribution is -0.137. The van der Waals surface area contributed by atoms with Gasteiger partial charge >= 0.3 is 6.18 Å². The standard InChI is InChI=1S/C16H16F3N3O3S2/c1-11(14-7-4-8-26-14)20-21-15(23)10-22(27(2,24)25)13-6-3-5-12(9-13)16(17,18)19/h3-9H,10H2,1-2H3,(H,21,23)/b20-11-. The molecule has 1 N–H and O–H groups in total. The lowest BCUT2D eigenvalue weighted by atomic mass is 10.2. The Morgan fingerprint density at radius 1 is 1.26 bits per heavy atom. The van der Waals surface area contributed by atoms with Gasteiger partial charge in [-0.15, -0.1) is 11.3 Å². The highest BCUT2D eigenvalue weighted by molar-refractivity contribution is 7.92. The van der Waals surface area contributed by atoms with E-state index in [1.807, 2.05) is 5.38 Å². The molecular formula is C16H16F3N3O3S2. The molecule has 2 rings (SSSR count). The molecule has 1 aromatic carbocycles. The Bertz CT molecular complexity index is 939. The molecule has 27 heavy (non-hydrogen) atoms. The predicted octanol–water partition coefficient (Wildman–Crippen LogP) is 3.07. The van der Waals surface area contributed by atoms with Crippen molar-refractivity contribution in [1.82, 2.24) is 5.43 Å². The van der Waals surface area contributed by atoms with Crippen molar-refractivity contribution in [3.05, 3.63) is 52.2 Å². The first-order chi connectivity index (χ1) is 12.5. The van der Waals surface area contributed by atoms with Crippen molar-refractivity contribution >= 4 is 38.7 Å². The molecule has 1 aromatic heterocycles. The maximum Gasteiger partial charge on any atom is 0.416 e. The van der Waals surface area contributed by atoms with Crippen LogP contribution in [0.1, 0.15) is 17.4 Å². The SMILES string of the molecule is C/C(=N/NC(=O)CN(c1cccc(C(F)(F)F)c1)S(C)(=O)=O)c1cccs1. The summed E-state index contributed by atoms with van der Waals surface area (Å²) < 4.78 is 63.2. The molecule has 0 aliphatic carbocycles. The number of nitrogens with zero attached hydrogens (tertiary/aromatic N) is 2. The minimum absolute atomic E-state index is 0.263. The fraction of sp³-hybridized carbons (Fsp3) is 0.250. The second-order valence-corrected chi connectivity index (χ2v) is 8.38. The summed E-state index contributed by atoms with van der Waals surface area (Å²) in [7, 11) is -4.00. The van der Waals surface area contributed by atoms with Gasteiger partial charge in [-0.2, -0.15) is 18.3 Å². The van der Waals surface area contributed by atoms with Crippen LogP contribution in [0, 0.1) is 0 Å². The summed E-state index contributed by atoms with van der Waals surface area (Å²) in [6.45, 7) is 0.953. The Balaban J connectivity index is 2.21. The maximum absolute atomic E-state index is 12.9. The molecule has 2 aromatic rings. The van der Waals surface area contributed by atoms with Gasteiger partial charge in [-0.1, -0.05) is 12.1 Å². The molecule has 0 aliphatic rings. The van der Waals surface area contributed by atoms with Gasteiger partial charge in [0.25, 0.3) is 5.91 Å². The zero-order valence-electron chi connectivity index (χ0n) is 14.3. The lowest BCUT2D eigenvalue weighted by Gasteiger charge is -2.22. The second kappa shape index (κ2) is 8.09. The normalized spacial score (nSPS) is 12.7. The first kappa shape index (κ1) is 20.9. The van der Waals surface area contributed by atoms with E-state index >= 15 is 0 Å². The minimum atomic E-state index is -4.64. The number of rotatable bonds is 6. The zero-order valence-corrected chi connectivity index (χ0v) is 16.0. The number of hydrogen-bond donors (Lipinski definition) is 1. The number of amides is 1. The average Bonchev–Trinajstić information content (AvgIpc) is 3.10. The third-order valence-electron chi connectivity index (χ3n) is 3.38. The molecule has 0 saturated carbocycles. The van der Waals surface area contributed by atoms with Crippen molar-refractivity contribution in [2.45, 2.75) is 13.1 Å². The summed E-state index contributed by atoms with van der Waals surface area (Å²) in [5.41, 5.74) is 1.46. The van der Waals surface area contributed by atoms with E-state index in [2.05, 4.69) is 10.5 Å². The molecule has 0 aliphatic heterocycles. The van der Waals surface area contributed by atoms with E-state index in [-0.39, 0.29) is 5.69 Å². The van der Waals surface area contributed by atoms with Crippen molar-refractivity contribution in [2.75, 3.05) is 17.1 Å². The summed E-state index contributed by atoms with van der Waals surface area (Å²) >= 11 is 1.41. The van der Waals surface area contributed by atoms with E-state index in [9.17, 15) is 26.4 Å². The van der Waals surface area contributed by atoms with E-state index in [1.54, 1.807) is 19.1 Å². The molecule has 11 heteroatoms. The molecule has 0 unspecified atom stereocenters. The van der Waals surface area contributed by atoms with Crippen LogP contribution in [0.4, 0.5) is 18.9 Å². The summed E-state index contributed by atoms with van der Waals surface area (Å²) in [6.07, 6.45) is -3.83. The van der Waals surface area contributed by atoms with Gasteiger partial charge in [0, 0.05) is 4.88 Å². The highest BCUT2D eigenvalue weighted by atomic mass is 32.2. The highest BCUT2D eigenvalue weighted by Crippen LogP contribution is 2.32. The topological polar surface area (TPSA) is 78.8 Å². The number of thiophene rings is 1. The molecule has 0 saturated heterocycles. The van der Waals surface area contributed by atoms with Gasteiger partial charge < -0.3 is 0 Å². The van der Waals surface area contributed by atoms with Crippen LogP contribution in [0.15, 0.2) is 46.9 Å². The average molecular weight is 419 g/mol. The number of hydrogen-bond acceptors (Lipinski definition) is 5. The van der Waals surface area contributed by atoms with Crippen LogP contribution in [0.3, 0.4) is 0 Å². The maximum atomic E-state index is 12.9. The van der Waals surface area contributed by atoms with Crippen LogP contribution in [0.2, 0.25) is 0 Å². The number of benzene rings is 1.